The van der Waals surface area contributed by atoms with Crippen LogP contribution in [0.15, 0.2) is 41.3 Å². The molecule has 110 valence electrons. The van der Waals surface area contributed by atoms with Gasteiger partial charge in [0.2, 0.25) is 0 Å². The molecule has 1 unspecified atom stereocenters. The van der Waals surface area contributed by atoms with Gasteiger partial charge < -0.3 is 5.11 Å². The first-order valence-corrected chi connectivity index (χ1v) is 7.81. The quantitative estimate of drug-likeness (QED) is 0.904. The fraction of sp³-hybridized carbons (Fsp3) is 0.0714. The van der Waals surface area contributed by atoms with E-state index in [0.29, 0.717) is 15.6 Å². The topological polar surface area (TPSA) is 54.4 Å². The Hall–Kier alpha value is -1.43. The molecule has 0 spiro atoms. The Morgan fingerprint density at radius 3 is 2.52 bits per heavy atom. The van der Waals surface area contributed by atoms with Gasteiger partial charge >= 0.3 is 5.97 Å². The normalized spacial score (nSPS) is 12.1. The van der Waals surface area contributed by atoms with Crippen LogP contribution in [-0.2, 0) is 16.6 Å². The zero-order valence-electron chi connectivity index (χ0n) is 10.5. The van der Waals surface area contributed by atoms with Crippen LogP contribution >= 0.6 is 23.2 Å². The lowest BCUT2D eigenvalue weighted by Gasteiger charge is -2.07. The maximum atomic E-state index is 13.7. The first kappa shape index (κ1) is 15.9. The first-order chi connectivity index (χ1) is 9.88. The summed E-state index contributed by atoms with van der Waals surface area (Å²) in [6, 6.07) is 7.86. The summed E-state index contributed by atoms with van der Waals surface area (Å²) in [5, 5.41) is 9.65. The molecule has 1 atom stereocenters. The van der Waals surface area contributed by atoms with Crippen molar-refractivity contribution in [3.8, 4) is 0 Å². The van der Waals surface area contributed by atoms with Crippen molar-refractivity contribution in [2.45, 2.75) is 10.6 Å². The molecule has 2 aromatic rings. The van der Waals surface area contributed by atoms with Crippen LogP contribution in [0.3, 0.4) is 0 Å². The van der Waals surface area contributed by atoms with Gasteiger partial charge in [-0.3, -0.25) is 4.21 Å². The highest BCUT2D eigenvalue weighted by Crippen LogP contribution is 2.25. The average molecular weight is 347 g/mol. The minimum atomic E-state index is -1.76. The Balaban J connectivity index is 2.32. The van der Waals surface area contributed by atoms with E-state index in [9.17, 15) is 13.4 Å². The Bertz CT molecular complexity index is 734. The van der Waals surface area contributed by atoms with E-state index in [2.05, 4.69) is 0 Å². The molecule has 2 aromatic carbocycles. The summed E-state index contributed by atoms with van der Waals surface area (Å²) >= 11 is 11.7. The van der Waals surface area contributed by atoms with Crippen LogP contribution in [0.1, 0.15) is 15.9 Å². The molecule has 0 radical (unpaired) electrons. The first-order valence-electron chi connectivity index (χ1n) is 5.73. The van der Waals surface area contributed by atoms with Crippen molar-refractivity contribution < 1.29 is 18.5 Å². The second kappa shape index (κ2) is 6.56. The van der Waals surface area contributed by atoms with Crippen molar-refractivity contribution in [1.29, 1.82) is 0 Å². The number of carboxylic acids is 1. The Morgan fingerprint density at radius 2 is 1.90 bits per heavy atom. The van der Waals surface area contributed by atoms with Gasteiger partial charge in [-0.25, -0.2) is 9.18 Å². The van der Waals surface area contributed by atoms with E-state index < -0.39 is 22.6 Å². The van der Waals surface area contributed by atoms with Gasteiger partial charge in [-0.05, 0) is 35.9 Å². The zero-order chi connectivity index (χ0) is 15.6. The molecule has 0 fully saturated rings. The molecule has 0 bridgehead atoms. The number of hydrogen-bond donors (Lipinski definition) is 1. The van der Waals surface area contributed by atoms with Crippen LogP contribution in [0.25, 0.3) is 0 Å². The van der Waals surface area contributed by atoms with Crippen molar-refractivity contribution in [3.63, 3.8) is 0 Å². The molecule has 0 aliphatic rings. The van der Waals surface area contributed by atoms with Crippen LogP contribution in [0.5, 0.6) is 0 Å². The number of rotatable bonds is 4. The Kier molecular flexibility index (Phi) is 4.98. The van der Waals surface area contributed by atoms with Gasteiger partial charge in [-0.1, -0.05) is 29.3 Å². The predicted octanol–water partition coefficient (Wildman–Crippen LogP) is 4.14. The standard InChI is InChI=1S/C14H9Cl2FO3S/c15-10-3-1-9(11(16)6-10)7-21(20)13-5-8(14(18)19)2-4-12(13)17/h1-6H,7H2,(H,18,19). The number of carboxylic acid groups (broad SMARTS) is 1. The molecular weight excluding hydrogens is 338 g/mol. The second-order valence-electron chi connectivity index (χ2n) is 4.18. The Morgan fingerprint density at radius 1 is 1.19 bits per heavy atom. The fourth-order valence-corrected chi connectivity index (χ4v) is 3.46. The van der Waals surface area contributed by atoms with E-state index >= 15 is 0 Å². The molecule has 1 N–H and O–H groups in total. The van der Waals surface area contributed by atoms with Crippen LogP contribution in [0.2, 0.25) is 10.0 Å². The molecular formula is C14H9Cl2FO3S. The highest BCUT2D eigenvalue weighted by Gasteiger charge is 2.15. The summed E-state index contributed by atoms with van der Waals surface area (Å²) < 4.78 is 25.9. The van der Waals surface area contributed by atoms with Crippen LogP contribution in [0.4, 0.5) is 4.39 Å². The van der Waals surface area contributed by atoms with E-state index in [-0.39, 0.29) is 16.2 Å². The largest absolute Gasteiger partial charge is 0.478 e. The molecule has 7 heteroatoms. The predicted molar refractivity (Wildman–Crippen MR) is 79.9 cm³/mol. The van der Waals surface area contributed by atoms with E-state index in [1.807, 2.05) is 0 Å². The number of carbonyl (C=O) groups is 1. The SMILES string of the molecule is O=C(O)c1ccc(F)c(S(=O)Cc2ccc(Cl)cc2Cl)c1. The molecule has 3 nitrogen and oxygen atoms in total. The monoisotopic (exact) mass is 346 g/mol. The highest BCUT2D eigenvalue weighted by atomic mass is 35.5. The minimum absolute atomic E-state index is 0.0318. The van der Waals surface area contributed by atoms with Crippen LogP contribution in [0, 0.1) is 5.82 Å². The van der Waals surface area contributed by atoms with E-state index in [4.69, 9.17) is 28.3 Å². The van der Waals surface area contributed by atoms with Crippen LogP contribution < -0.4 is 0 Å². The van der Waals surface area contributed by atoms with Crippen molar-refractivity contribution in [1.82, 2.24) is 0 Å². The molecule has 0 aromatic heterocycles. The molecule has 0 aliphatic heterocycles. The lowest BCUT2D eigenvalue weighted by molar-refractivity contribution is 0.0696. The zero-order valence-corrected chi connectivity index (χ0v) is 12.8. The highest BCUT2D eigenvalue weighted by molar-refractivity contribution is 7.84. The molecule has 2 rings (SSSR count). The summed E-state index contributed by atoms with van der Waals surface area (Å²) in [6.07, 6.45) is 0. The number of benzene rings is 2. The number of halogens is 3. The maximum absolute atomic E-state index is 13.7. The maximum Gasteiger partial charge on any atom is 0.335 e. The Labute approximate surface area is 132 Å². The fourth-order valence-electron chi connectivity index (χ4n) is 1.67. The van der Waals surface area contributed by atoms with E-state index in [1.165, 1.54) is 6.07 Å². The molecule has 0 aliphatic carbocycles. The molecule has 0 saturated carbocycles. The van der Waals surface area contributed by atoms with Crippen molar-refractivity contribution in [3.05, 3.63) is 63.4 Å². The third kappa shape index (κ3) is 3.81. The summed E-state index contributed by atoms with van der Waals surface area (Å²) in [7, 11) is -1.76. The smallest absolute Gasteiger partial charge is 0.335 e. The molecule has 0 amide bonds. The van der Waals surface area contributed by atoms with Gasteiger partial charge in [-0.15, -0.1) is 0 Å². The van der Waals surface area contributed by atoms with Gasteiger partial charge in [0.25, 0.3) is 0 Å². The lowest BCUT2D eigenvalue weighted by Crippen LogP contribution is -2.04. The van der Waals surface area contributed by atoms with Gasteiger partial charge in [0.1, 0.15) is 5.82 Å². The summed E-state index contributed by atoms with van der Waals surface area (Å²) in [5.74, 6) is -1.96. The van der Waals surface area contributed by atoms with E-state index in [1.54, 1.807) is 12.1 Å². The third-order valence-corrected chi connectivity index (χ3v) is 4.69. The minimum Gasteiger partial charge on any atom is -0.478 e. The van der Waals surface area contributed by atoms with Gasteiger partial charge in [0, 0.05) is 10.0 Å². The number of hydrogen-bond acceptors (Lipinski definition) is 2. The number of aromatic carboxylic acids is 1. The lowest BCUT2D eigenvalue weighted by atomic mass is 10.2. The van der Waals surface area contributed by atoms with Crippen LogP contribution in [-0.4, -0.2) is 15.3 Å². The van der Waals surface area contributed by atoms with E-state index in [0.717, 1.165) is 18.2 Å². The van der Waals surface area contributed by atoms with Gasteiger partial charge in [0.15, 0.2) is 0 Å². The summed E-state index contributed by atoms with van der Waals surface area (Å²) in [5.41, 5.74) is 0.418. The molecule has 0 saturated heterocycles. The third-order valence-electron chi connectivity index (χ3n) is 2.73. The second-order valence-corrected chi connectivity index (χ2v) is 6.44. The molecule has 21 heavy (non-hydrogen) atoms. The van der Waals surface area contributed by atoms with Gasteiger partial charge in [0.05, 0.1) is 27.0 Å². The summed E-state index contributed by atoms with van der Waals surface area (Å²) in [6.45, 7) is 0. The van der Waals surface area contributed by atoms with Gasteiger partial charge in [-0.2, -0.15) is 0 Å². The van der Waals surface area contributed by atoms with Crippen molar-refractivity contribution >= 4 is 40.0 Å². The summed E-state index contributed by atoms with van der Waals surface area (Å²) in [4.78, 5) is 10.7. The molecule has 0 heterocycles. The average Bonchev–Trinajstić information content (AvgIpc) is 2.42. The van der Waals surface area contributed by atoms with Crippen molar-refractivity contribution in [2.24, 2.45) is 0 Å². The van der Waals surface area contributed by atoms with Crippen molar-refractivity contribution in [2.75, 3.05) is 0 Å².